The third-order valence-electron chi connectivity index (χ3n) is 6.43. The molecule has 2 aliphatic heterocycles. The second-order valence-corrected chi connectivity index (χ2v) is 10.1. The van der Waals surface area contributed by atoms with Crippen LogP contribution >= 0.6 is 11.8 Å². The van der Waals surface area contributed by atoms with Gasteiger partial charge in [-0.25, -0.2) is 0 Å². The van der Waals surface area contributed by atoms with E-state index in [0.29, 0.717) is 47.7 Å². The van der Waals surface area contributed by atoms with Gasteiger partial charge in [0.05, 0.1) is 15.4 Å². The quantitative estimate of drug-likeness (QED) is 0.205. The van der Waals surface area contributed by atoms with Crippen LogP contribution in [0.2, 0.25) is 0 Å². The van der Waals surface area contributed by atoms with Crippen LogP contribution in [0.15, 0.2) is 82.7 Å². The highest BCUT2D eigenvalue weighted by Crippen LogP contribution is 2.33. The van der Waals surface area contributed by atoms with E-state index in [1.165, 1.54) is 30.0 Å². The lowest BCUT2D eigenvalue weighted by molar-refractivity contribution is -0.384. The van der Waals surface area contributed by atoms with Crippen molar-refractivity contribution in [3.63, 3.8) is 0 Å². The number of amidine groups is 1. The zero-order valence-electron chi connectivity index (χ0n) is 21.0. The van der Waals surface area contributed by atoms with Crippen molar-refractivity contribution in [2.45, 2.75) is 12.8 Å². The molecular formula is C28H23F3N4O4S. The number of halogens is 3. The molecule has 12 heteroatoms. The summed E-state index contributed by atoms with van der Waals surface area (Å²) in [5.74, 6) is 0.278. The van der Waals surface area contributed by atoms with Crippen LogP contribution in [0.1, 0.15) is 16.7 Å². The first kappa shape index (κ1) is 27.3. The molecule has 0 N–H and O–H groups in total. The second-order valence-electron chi connectivity index (χ2n) is 9.11. The number of ether oxygens (including phenoxy) is 1. The summed E-state index contributed by atoms with van der Waals surface area (Å²) in [5, 5.41) is 11.4. The minimum absolute atomic E-state index is 0.0185. The molecule has 5 rings (SSSR count). The lowest BCUT2D eigenvalue weighted by Gasteiger charge is -2.36. The number of rotatable bonds is 6. The van der Waals surface area contributed by atoms with Crippen molar-refractivity contribution in [3.8, 4) is 5.75 Å². The van der Waals surface area contributed by atoms with E-state index in [1.54, 1.807) is 36.4 Å². The molecule has 3 aromatic carbocycles. The van der Waals surface area contributed by atoms with Crippen molar-refractivity contribution >= 4 is 40.3 Å². The van der Waals surface area contributed by atoms with Gasteiger partial charge in [0, 0.05) is 44.0 Å². The first-order valence-electron chi connectivity index (χ1n) is 12.3. The summed E-state index contributed by atoms with van der Waals surface area (Å²) in [6.07, 6.45) is -2.64. The number of thioether (sulfide) groups is 1. The highest BCUT2D eigenvalue weighted by atomic mass is 32.2. The summed E-state index contributed by atoms with van der Waals surface area (Å²) in [6.45, 7) is 2.34. The fourth-order valence-electron chi connectivity index (χ4n) is 4.26. The Morgan fingerprint density at radius 2 is 1.65 bits per heavy atom. The van der Waals surface area contributed by atoms with Gasteiger partial charge >= 0.3 is 6.18 Å². The molecule has 0 aromatic heterocycles. The summed E-state index contributed by atoms with van der Waals surface area (Å²) < 4.78 is 45.0. The van der Waals surface area contributed by atoms with Crippen LogP contribution in [0.4, 0.5) is 24.5 Å². The Morgan fingerprint density at radius 1 is 0.975 bits per heavy atom. The largest absolute Gasteiger partial charge is 0.489 e. The highest BCUT2D eigenvalue weighted by molar-refractivity contribution is 8.18. The van der Waals surface area contributed by atoms with Crippen LogP contribution in [-0.4, -0.2) is 47.1 Å². The molecule has 1 fully saturated rings. The topological polar surface area (TPSA) is 88.3 Å². The van der Waals surface area contributed by atoms with E-state index < -0.39 is 16.7 Å². The van der Waals surface area contributed by atoms with Gasteiger partial charge in [-0.3, -0.25) is 14.9 Å². The van der Waals surface area contributed by atoms with E-state index in [9.17, 15) is 28.1 Å². The fraction of sp³-hybridized carbons (Fsp3) is 0.214. The monoisotopic (exact) mass is 568 g/mol. The number of nitro benzene ring substituents is 1. The fourth-order valence-corrected chi connectivity index (χ4v) is 5.23. The Morgan fingerprint density at radius 3 is 2.30 bits per heavy atom. The molecule has 0 spiro atoms. The van der Waals surface area contributed by atoms with Gasteiger partial charge in [0.1, 0.15) is 12.4 Å². The summed E-state index contributed by atoms with van der Waals surface area (Å²) in [6, 6.07) is 18.6. The Kier molecular flexibility index (Phi) is 7.78. The zero-order chi connectivity index (χ0) is 28.3. The Bertz CT molecular complexity index is 1470. The van der Waals surface area contributed by atoms with E-state index in [-0.39, 0.29) is 18.2 Å². The molecule has 2 aliphatic rings. The number of non-ortho nitro benzene ring substituents is 1. The van der Waals surface area contributed by atoms with E-state index >= 15 is 0 Å². The predicted molar refractivity (Wildman–Crippen MR) is 147 cm³/mol. The molecule has 1 amide bonds. The SMILES string of the molecule is O=C1N=C(N2CCN(c3cccc(C(F)(F)F)c3)CC2)S/C1=C/c1ccc(OCc2ccc([N+](=O)[O-])cc2)cc1. The molecule has 0 unspecified atom stereocenters. The van der Waals surface area contributed by atoms with Crippen molar-refractivity contribution in [3.05, 3.63) is 105 Å². The van der Waals surface area contributed by atoms with Gasteiger partial charge < -0.3 is 14.5 Å². The van der Waals surface area contributed by atoms with E-state index in [1.807, 2.05) is 21.9 Å². The van der Waals surface area contributed by atoms with E-state index in [2.05, 4.69) is 4.99 Å². The number of nitrogens with zero attached hydrogens (tertiary/aromatic N) is 4. The number of hydrogen-bond donors (Lipinski definition) is 0. The molecule has 3 aromatic rings. The van der Waals surface area contributed by atoms with Crippen molar-refractivity contribution in [2.24, 2.45) is 4.99 Å². The first-order valence-corrected chi connectivity index (χ1v) is 13.1. The van der Waals surface area contributed by atoms with Gasteiger partial charge in [0.15, 0.2) is 5.17 Å². The van der Waals surface area contributed by atoms with Gasteiger partial charge in [-0.1, -0.05) is 18.2 Å². The average Bonchev–Trinajstić information content (AvgIpc) is 3.32. The number of amides is 1. The summed E-state index contributed by atoms with van der Waals surface area (Å²) in [5.41, 5.74) is 1.46. The van der Waals surface area contributed by atoms with E-state index in [0.717, 1.165) is 23.3 Å². The molecule has 0 saturated carbocycles. The molecule has 0 radical (unpaired) electrons. The number of carbonyl (C=O) groups is 1. The van der Waals surface area contributed by atoms with Crippen molar-refractivity contribution in [1.29, 1.82) is 0 Å². The minimum atomic E-state index is -4.39. The maximum Gasteiger partial charge on any atom is 0.416 e. The molecule has 206 valence electrons. The van der Waals surface area contributed by atoms with Crippen LogP contribution in [0.3, 0.4) is 0 Å². The maximum atomic E-state index is 13.1. The smallest absolute Gasteiger partial charge is 0.416 e. The van der Waals surface area contributed by atoms with Crippen molar-refractivity contribution < 1.29 is 27.6 Å². The van der Waals surface area contributed by atoms with Gasteiger partial charge in [0.25, 0.3) is 11.6 Å². The standard InChI is InChI=1S/C28H23F3N4O4S/c29-28(30,31)21-2-1-3-23(17-21)33-12-14-34(15-13-33)27-32-26(36)25(40-27)16-19-6-10-24(11-7-19)39-18-20-4-8-22(9-5-20)35(37)38/h1-11,16-17H,12-15,18H2/b25-16+. The summed E-state index contributed by atoms with van der Waals surface area (Å²) in [4.78, 5) is 31.4. The molecule has 2 heterocycles. The Balaban J connectivity index is 1.14. The van der Waals surface area contributed by atoms with Crippen LogP contribution in [0.25, 0.3) is 6.08 Å². The lowest BCUT2D eigenvalue weighted by Crippen LogP contribution is -2.47. The maximum absolute atomic E-state index is 13.1. The Labute approximate surface area is 231 Å². The number of anilines is 1. The summed E-state index contributed by atoms with van der Waals surface area (Å²) >= 11 is 1.28. The normalized spacial score (nSPS) is 16.8. The van der Waals surface area contributed by atoms with Crippen LogP contribution in [0, 0.1) is 10.1 Å². The van der Waals surface area contributed by atoms with Gasteiger partial charge in [-0.05, 0) is 71.4 Å². The van der Waals surface area contributed by atoms with Gasteiger partial charge in [-0.2, -0.15) is 18.2 Å². The second kappa shape index (κ2) is 11.4. The highest BCUT2D eigenvalue weighted by Gasteiger charge is 2.32. The Hall–Kier alpha value is -4.32. The van der Waals surface area contributed by atoms with Crippen molar-refractivity contribution in [1.82, 2.24) is 4.90 Å². The third-order valence-corrected chi connectivity index (χ3v) is 7.47. The minimum Gasteiger partial charge on any atom is -0.489 e. The first-order chi connectivity index (χ1) is 19.2. The van der Waals surface area contributed by atoms with Crippen LogP contribution in [0.5, 0.6) is 5.75 Å². The predicted octanol–water partition coefficient (Wildman–Crippen LogP) is 5.99. The molecule has 0 bridgehead atoms. The molecule has 0 aliphatic carbocycles. The van der Waals surface area contributed by atoms with E-state index in [4.69, 9.17) is 4.74 Å². The number of carbonyl (C=O) groups excluding carboxylic acids is 1. The molecule has 40 heavy (non-hydrogen) atoms. The number of benzene rings is 3. The van der Waals surface area contributed by atoms with Crippen LogP contribution < -0.4 is 9.64 Å². The molecule has 8 nitrogen and oxygen atoms in total. The van der Waals surface area contributed by atoms with Gasteiger partial charge in [-0.15, -0.1) is 0 Å². The number of aliphatic imine (C=N–C) groups is 1. The number of nitro groups is 1. The number of piperazine rings is 1. The van der Waals surface area contributed by atoms with Gasteiger partial charge in [0.2, 0.25) is 0 Å². The average molecular weight is 569 g/mol. The third kappa shape index (κ3) is 6.45. The number of hydrogen-bond acceptors (Lipinski definition) is 7. The van der Waals surface area contributed by atoms with Crippen molar-refractivity contribution in [2.75, 3.05) is 31.1 Å². The summed E-state index contributed by atoms with van der Waals surface area (Å²) in [7, 11) is 0. The van der Waals surface area contributed by atoms with Crippen LogP contribution in [-0.2, 0) is 17.6 Å². The zero-order valence-corrected chi connectivity index (χ0v) is 21.8. The molecular weight excluding hydrogens is 545 g/mol. The molecule has 1 saturated heterocycles. The number of alkyl halides is 3. The lowest BCUT2D eigenvalue weighted by atomic mass is 10.1. The molecule has 0 atom stereocenters.